The molecule has 0 aromatic carbocycles. The molecule has 108 valence electrons. The minimum atomic E-state index is -0.0292. The summed E-state index contributed by atoms with van der Waals surface area (Å²) in [6.07, 6.45) is 6.17. The number of hydrogen-bond acceptors (Lipinski definition) is 6. The third kappa shape index (κ3) is 2.71. The van der Waals surface area contributed by atoms with E-state index in [1.165, 1.54) is 0 Å². The smallest absolute Gasteiger partial charge is 0.241 e. The maximum atomic E-state index is 4.52. The van der Waals surface area contributed by atoms with Gasteiger partial charge in [-0.25, -0.2) is 4.98 Å². The summed E-state index contributed by atoms with van der Waals surface area (Å²) in [5.41, 5.74) is -0.0292. The lowest BCUT2D eigenvalue weighted by atomic mass is 10.0. The minimum absolute atomic E-state index is 0.0292. The van der Waals surface area contributed by atoms with Gasteiger partial charge in [-0.3, -0.25) is 4.57 Å². The molecule has 2 aromatic rings. The molecular formula is C13H21N7. The van der Waals surface area contributed by atoms with Crippen LogP contribution in [0.1, 0.15) is 27.2 Å². The summed E-state index contributed by atoms with van der Waals surface area (Å²) in [6, 6.07) is 0. The van der Waals surface area contributed by atoms with Gasteiger partial charge in [-0.15, -0.1) is 0 Å². The van der Waals surface area contributed by atoms with Crippen LogP contribution in [0.3, 0.4) is 0 Å². The van der Waals surface area contributed by atoms with Crippen LogP contribution < -0.4 is 10.2 Å². The molecule has 20 heavy (non-hydrogen) atoms. The molecule has 0 radical (unpaired) electrons. The fourth-order valence-electron chi connectivity index (χ4n) is 1.62. The van der Waals surface area contributed by atoms with Gasteiger partial charge < -0.3 is 10.2 Å². The van der Waals surface area contributed by atoms with E-state index in [0.717, 1.165) is 6.42 Å². The number of nitrogens with zero attached hydrogens (tertiary/aromatic N) is 6. The van der Waals surface area contributed by atoms with Gasteiger partial charge in [0.05, 0.1) is 0 Å². The lowest BCUT2D eigenvalue weighted by Crippen LogP contribution is -2.41. The number of aromatic nitrogens is 5. The van der Waals surface area contributed by atoms with Gasteiger partial charge in [0.25, 0.3) is 0 Å². The second kappa shape index (κ2) is 5.44. The Labute approximate surface area is 119 Å². The Morgan fingerprint density at radius 1 is 1.30 bits per heavy atom. The van der Waals surface area contributed by atoms with Crippen LogP contribution in [-0.2, 0) is 0 Å². The fourth-order valence-corrected chi connectivity index (χ4v) is 1.62. The highest BCUT2D eigenvalue weighted by molar-refractivity contribution is 5.41. The SMILES string of the molecule is CCC(C)(C)N(C)c1nc(NC)nc(-n2ccnc2)n1. The normalized spacial score (nSPS) is 11.4. The summed E-state index contributed by atoms with van der Waals surface area (Å²) in [7, 11) is 3.79. The van der Waals surface area contributed by atoms with E-state index in [-0.39, 0.29) is 5.54 Å². The predicted molar refractivity (Wildman–Crippen MR) is 79.3 cm³/mol. The molecule has 7 nitrogen and oxygen atoms in total. The summed E-state index contributed by atoms with van der Waals surface area (Å²) in [4.78, 5) is 19.4. The monoisotopic (exact) mass is 275 g/mol. The van der Waals surface area contributed by atoms with Crippen molar-refractivity contribution < 1.29 is 0 Å². The van der Waals surface area contributed by atoms with E-state index < -0.39 is 0 Å². The molecule has 0 unspecified atom stereocenters. The molecular weight excluding hydrogens is 254 g/mol. The number of imidazole rings is 1. The number of anilines is 2. The molecule has 0 fully saturated rings. The van der Waals surface area contributed by atoms with E-state index >= 15 is 0 Å². The van der Waals surface area contributed by atoms with Crippen LogP contribution in [0.5, 0.6) is 0 Å². The van der Waals surface area contributed by atoms with Crippen LogP contribution in [0.15, 0.2) is 18.7 Å². The maximum absolute atomic E-state index is 4.52. The molecule has 0 aliphatic rings. The molecule has 0 saturated carbocycles. The Morgan fingerprint density at radius 2 is 2.05 bits per heavy atom. The second-order valence-electron chi connectivity index (χ2n) is 5.20. The largest absolute Gasteiger partial charge is 0.357 e. The second-order valence-corrected chi connectivity index (χ2v) is 5.20. The first-order valence-corrected chi connectivity index (χ1v) is 6.64. The molecule has 0 bridgehead atoms. The topological polar surface area (TPSA) is 71.8 Å². The van der Waals surface area contributed by atoms with Crippen molar-refractivity contribution in [1.82, 2.24) is 24.5 Å². The van der Waals surface area contributed by atoms with E-state index in [1.54, 1.807) is 24.1 Å². The van der Waals surface area contributed by atoms with Crippen LogP contribution >= 0.6 is 0 Å². The third-order valence-corrected chi connectivity index (χ3v) is 3.64. The van der Waals surface area contributed by atoms with Crippen molar-refractivity contribution in [1.29, 1.82) is 0 Å². The summed E-state index contributed by atoms with van der Waals surface area (Å²) in [6.45, 7) is 6.47. The number of nitrogens with one attached hydrogen (secondary N) is 1. The van der Waals surface area contributed by atoms with Gasteiger partial charge in [-0.2, -0.15) is 15.0 Å². The predicted octanol–water partition coefficient (Wildman–Crippen LogP) is 1.72. The average molecular weight is 275 g/mol. The molecule has 2 rings (SSSR count). The van der Waals surface area contributed by atoms with Gasteiger partial charge in [-0.05, 0) is 20.3 Å². The zero-order chi connectivity index (χ0) is 14.8. The van der Waals surface area contributed by atoms with E-state index in [1.807, 2.05) is 13.2 Å². The van der Waals surface area contributed by atoms with E-state index in [4.69, 9.17) is 0 Å². The van der Waals surface area contributed by atoms with Gasteiger partial charge >= 0.3 is 0 Å². The van der Waals surface area contributed by atoms with Crippen LogP contribution in [0, 0.1) is 0 Å². The van der Waals surface area contributed by atoms with Crippen molar-refractivity contribution in [3.63, 3.8) is 0 Å². The lowest BCUT2D eigenvalue weighted by Gasteiger charge is -2.34. The van der Waals surface area contributed by atoms with Crippen LogP contribution in [0.2, 0.25) is 0 Å². The van der Waals surface area contributed by atoms with Crippen molar-refractivity contribution in [3.05, 3.63) is 18.7 Å². The Morgan fingerprint density at radius 3 is 2.60 bits per heavy atom. The molecule has 0 amide bonds. The summed E-state index contributed by atoms with van der Waals surface area (Å²) < 4.78 is 1.76. The van der Waals surface area contributed by atoms with Crippen molar-refractivity contribution in [3.8, 4) is 5.95 Å². The van der Waals surface area contributed by atoms with Crippen LogP contribution in [-0.4, -0.2) is 44.1 Å². The van der Waals surface area contributed by atoms with Crippen molar-refractivity contribution >= 4 is 11.9 Å². The Hall–Kier alpha value is -2.18. The van der Waals surface area contributed by atoms with Crippen LogP contribution in [0.4, 0.5) is 11.9 Å². The van der Waals surface area contributed by atoms with Crippen molar-refractivity contribution in [2.24, 2.45) is 0 Å². The maximum Gasteiger partial charge on any atom is 0.241 e. The van der Waals surface area contributed by atoms with Gasteiger partial charge in [-0.1, -0.05) is 6.92 Å². The first-order valence-electron chi connectivity index (χ1n) is 6.64. The zero-order valence-electron chi connectivity index (χ0n) is 12.6. The highest BCUT2D eigenvalue weighted by Crippen LogP contribution is 2.22. The van der Waals surface area contributed by atoms with E-state index in [2.05, 4.69) is 50.9 Å². The molecule has 1 N–H and O–H groups in total. The first-order chi connectivity index (χ1) is 9.47. The van der Waals surface area contributed by atoms with Gasteiger partial charge in [0.1, 0.15) is 6.33 Å². The molecule has 0 spiro atoms. The fraction of sp³-hybridized carbons (Fsp3) is 0.538. The Balaban J connectivity index is 2.46. The zero-order valence-corrected chi connectivity index (χ0v) is 12.6. The molecule has 0 aliphatic heterocycles. The molecule has 2 heterocycles. The minimum Gasteiger partial charge on any atom is -0.357 e. The molecule has 0 saturated heterocycles. The van der Waals surface area contributed by atoms with Crippen molar-refractivity contribution in [2.75, 3.05) is 24.3 Å². The van der Waals surface area contributed by atoms with E-state index in [0.29, 0.717) is 17.8 Å². The summed E-state index contributed by atoms with van der Waals surface area (Å²) in [5, 5.41) is 2.97. The Kier molecular flexibility index (Phi) is 3.87. The van der Waals surface area contributed by atoms with Gasteiger partial charge in [0, 0.05) is 32.0 Å². The molecule has 2 aromatic heterocycles. The molecule has 7 heteroatoms. The highest BCUT2D eigenvalue weighted by atomic mass is 15.3. The van der Waals surface area contributed by atoms with Gasteiger partial charge in [0.2, 0.25) is 17.8 Å². The average Bonchev–Trinajstić information content (AvgIpc) is 3.00. The van der Waals surface area contributed by atoms with Crippen molar-refractivity contribution in [2.45, 2.75) is 32.7 Å². The molecule has 0 aliphatic carbocycles. The lowest BCUT2D eigenvalue weighted by molar-refractivity contribution is 0.462. The van der Waals surface area contributed by atoms with Crippen LogP contribution in [0.25, 0.3) is 5.95 Å². The highest BCUT2D eigenvalue weighted by Gasteiger charge is 2.24. The number of hydrogen-bond donors (Lipinski definition) is 1. The quantitative estimate of drug-likeness (QED) is 0.896. The standard InChI is InChI=1S/C13H21N7/c1-6-13(2,3)19(5)11-16-10(14-4)17-12(18-11)20-8-7-15-9-20/h7-9H,6H2,1-5H3,(H,14,16,17,18). The number of rotatable bonds is 5. The van der Waals surface area contributed by atoms with E-state index in [9.17, 15) is 0 Å². The summed E-state index contributed by atoms with van der Waals surface area (Å²) >= 11 is 0. The summed E-state index contributed by atoms with van der Waals surface area (Å²) in [5.74, 6) is 1.73. The third-order valence-electron chi connectivity index (χ3n) is 3.64. The van der Waals surface area contributed by atoms with Gasteiger partial charge in [0.15, 0.2) is 0 Å². The first kappa shape index (κ1) is 14.2. The molecule has 0 atom stereocenters. The Bertz CT molecular complexity index is 562.